The zero-order valence-corrected chi connectivity index (χ0v) is 11.9. The highest BCUT2D eigenvalue weighted by molar-refractivity contribution is 5.46. The summed E-state index contributed by atoms with van der Waals surface area (Å²) in [7, 11) is 1.58. The minimum atomic E-state index is -0.135. The number of rotatable bonds is 5. The first-order valence-corrected chi connectivity index (χ1v) is 6.47. The second kappa shape index (κ2) is 6.29. The zero-order valence-electron chi connectivity index (χ0n) is 11.9. The topological polar surface area (TPSA) is 86.0 Å². The molecule has 0 aliphatic carbocycles. The van der Waals surface area contributed by atoms with Crippen LogP contribution in [-0.2, 0) is 0 Å². The Hall–Kier alpha value is -2.21. The molecule has 6 nitrogen and oxygen atoms in total. The summed E-state index contributed by atoms with van der Waals surface area (Å²) < 4.78 is 5.15. The molecule has 0 aliphatic rings. The average molecular weight is 273 g/mol. The molecule has 0 spiro atoms. The van der Waals surface area contributed by atoms with E-state index in [1.807, 2.05) is 19.9 Å². The molecule has 0 aromatic carbocycles. The first-order chi connectivity index (χ1) is 9.65. The van der Waals surface area contributed by atoms with E-state index in [4.69, 9.17) is 10.5 Å². The fraction of sp³-hybridized carbons (Fsp3) is 0.357. The van der Waals surface area contributed by atoms with E-state index in [9.17, 15) is 0 Å². The Kier molecular flexibility index (Phi) is 4.47. The Labute approximate surface area is 118 Å². The predicted octanol–water partition coefficient (Wildman–Crippen LogP) is 1.47. The van der Waals surface area contributed by atoms with Crippen molar-refractivity contribution in [2.45, 2.75) is 19.9 Å². The van der Waals surface area contributed by atoms with E-state index in [0.29, 0.717) is 11.7 Å². The van der Waals surface area contributed by atoms with Crippen molar-refractivity contribution >= 4 is 5.82 Å². The van der Waals surface area contributed by atoms with Gasteiger partial charge in [0.15, 0.2) is 0 Å². The highest BCUT2D eigenvalue weighted by Gasteiger charge is 2.19. The molecule has 0 amide bonds. The fourth-order valence-electron chi connectivity index (χ4n) is 2.03. The van der Waals surface area contributed by atoms with Crippen molar-refractivity contribution in [1.29, 1.82) is 0 Å². The second-order valence-electron chi connectivity index (χ2n) is 4.46. The Balaban J connectivity index is 2.46. The summed E-state index contributed by atoms with van der Waals surface area (Å²) in [5.74, 6) is 1.02. The van der Waals surface area contributed by atoms with Crippen LogP contribution < -0.4 is 15.8 Å². The summed E-state index contributed by atoms with van der Waals surface area (Å²) in [6.45, 7) is 4.80. The monoisotopic (exact) mass is 273 g/mol. The molecule has 2 aromatic rings. The maximum Gasteiger partial charge on any atom is 0.216 e. The Morgan fingerprint density at radius 3 is 2.80 bits per heavy atom. The number of hydrogen-bond acceptors (Lipinski definition) is 6. The molecule has 1 unspecified atom stereocenters. The van der Waals surface area contributed by atoms with Crippen molar-refractivity contribution in [3.05, 3.63) is 41.5 Å². The minimum Gasteiger partial charge on any atom is -0.481 e. The van der Waals surface area contributed by atoms with Gasteiger partial charge < -0.3 is 15.8 Å². The molecule has 2 aromatic heterocycles. The molecule has 0 saturated carbocycles. The van der Waals surface area contributed by atoms with Crippen molar-refractivity contribution in [2.75, 3.05) is 19.4 Å². The van der Waals surface area contributed by atoms with Gasteiger partial charge in [-0.3, -0.25) is 0 Å². The van der Waals surface area contributed by atoms with Crippen LogP contribution in [0.3, 0.4) is 0 Å². The van der Waals surface area contributed by atoms with Gasteiger partial charge in [0.25, 0.3) is 0 Å². The Bertz CT molecular complexity index is 588. The van der Waals surface area contributed by atoms with Crippen molar-refractivity contribution in [3.8, 4) is 5.88 Å². The molecule has 1 atom stereocenters. The molecule has 0 aliphatic heterocycles. The van der Waals surface area contributed by atoms with E-state index in [-0.39, 0.29) is 6.04 Å². The molecular formula is C14H19N5O. The Morgan fingerprint density at radius 2 is 2.10 bits per heavy atom. The van der Waals surface area contributed by atoms with Gasteiger partial charge >= 0.3 is 0 Å². The number of hydrogen-bond donors (Lipinski definition) is 2. The number of nitrogens with two attached hydrogens (primary N) is 1. The van der Waals surface area contributed by atoms with Gasteiger partial charge in [-0.1, -0.05) is 6.92 Å². The van der Waals surface area contributed by atoms with Crippen LogP contribution in [0, 0.1) is 6.92 Å². The number of pyridine rings is 1. The normalized spacial score (nSPS) is 12.2. The Morgan fingerprint density at radius 1 is 1.30 bits per heavy atom. The summed E-state index contributed by atoms with van der Waals surface area (Å²) >= 11 is 0. The predicted molar refractivity (Wildman–Crippen MR) is 77.5 cm³/mol. The first kappa shape index (κ1) is 14.2. The lowest BCUT2D eigenvalue weighted by molar-refractivity contribution is 0.395. The maximum absolute atomic E-state index is 6.00. The lowest BCUT2D eigenvalue weighted by atomic mass is 10.0. The van der Waals surface area contributed by atoms with Gasteiger partial charge in [-0.05, 0) is 25.1 Å². The largest absolute Gasteiger partial charge is 0.481 e. The third-order valence-corrected chi connectivity index (χ3v) is 2.97. The molecule has 0 radical (unpaired) electrons. The van der Waals surface area contributed by atoms with Gasteiger partial charge in [-0.2, -0.15) is 0 Å². The van der Waals surface area contributed by atoms with Gasteiger partial charge in [0.05, 0.1) is 18.8 Å². The molecule has 2 heterocycles. The number of aromatic nitrogens is 3. The number of anilines is 1. The summed E-state index contributed by atoms with van der Waals surface area (Å²) in [6, 6.07) is 3.68. The molecule has 6 heteroatoms. The lowest BCUT2D eigenvalue weighted by Gasteiger charge is -2.19. The van der Waals surface area contributed by atoms with Gasteiger partial charge in [0.2, 0.25) is 5.88 Å². The fourth-order valence-corrected chi connectivity index (χ4v) is 2.03. The second-order valence-corrected chi connectivity index (χ2v) is 4.46. The average Bonchev–Trinajstić information content (AvgIpc) is 2.47. The number of aryl methyl sites for hydroxylation is 1. The molecule has 106 valence electrons. The molecule has 0 bridgehead atoms. The van der Waals surface area contributed by atoms with Gasteiger partial charge in [-0.25, -0.2) is 15.0 Å². The highest BCUT2D eigenvalue weighted by atomic mass is 16.5. The van der Waals surface area contributed by atoms with Crippen molar-refractivity contribution in [1.82, 2.24) is 20.3 Å². The van der Waals surface area contributed by atoms with E-state index in [0.717, 1.165) is 23.4 Å². The molecular weight excluding hydrogens is 254 g/mol. The molecule has 0 saturated heterocycles. The molecule has 20 heavy (non-hydrogen) atoms. The van der Waals surface area contributed by atoms with Crippen LogP contribution in [0.2, 0.25) is 0 Å². The van der Waals surface area contributed by atoms with E-state index in [1.165, 1.54) is 6.33 Å². The van der Waals surface area contributed by atoms with E-state index in [2.05, 4.69) is 20.3 Å². The van der Waals surface area contributed by atoms with Crippen LogP contribution in [-0.4, -0.2) is 28.6 Å². The van der Waals surface area contributed by atoms with Crippen LogP contribution in [0.25, 0.3) is 0 Å². The summed E-state index contributed by atoms with van der Waals surface area (Å²) in [6.07, 6.45) is 3.24. The molecule has 2 rings (SSSR count). The maximum atomic E-state index is 6.00. The molecule has 3 N–H and O–H groups in total. The van der Waals surface area contributed by atoms with E-state index in [1.54, 1.807) is 19.4 Å². The number of nitrogens with zero attached hydrogens (tertiary/aromatic N) is 3. The van der Waals surface area contributed by atoms with Gasteiger partial charge in [-0.15, -0.1) is 0 Å². The third-order valence-electron chi connectivity index (χ3n) is 2.97. The number of nitrogen functional groups attached to an aromatic ring is 1. The van der Waals surface area contributed by atoms with Crippen LogP contribution in [0.4, 0.5) is 5.82 Å². The highest BCUT2D eigenvalue weighted by Crippen LogP contribution is 2.26. The number of methoxy groups -OCH3 is 1. The number of ether oxygens (including phenoxy) is 1. The van der Waals surface area contributed by atoms with Crippen molar-refractivity contribution in [2.24, 2.45) is 0 Å². The number of nitrogens with one attached hydrogen (secondary N) is 1. The van der Waals surface area contributed by atoms with Crippen LogP contribution >= 0.6 is 0 Å². The standard InChI is InChI=1S/C14H19N5O/c1-4-16-13(10-5-9(2)7-17-14(10)15)11-6-12(20-3)19-8-18-11/h5-8,13,16H,4H2,1-3H3,(H2,15,17). The first-order valence-electron chi connectivity index (χ1n) is 6.47. The van der Waals surface area contributed by atoms with Crippen LogP contribution in [0.5, 0.6) is 5.88 Å². The lowest BCUT2D eigenvalue weighted by Crippen LogP contribution is -2.24. The summed E-state index contributed by atoms with van der Waals surface area (Å²) in [5, 5.41) is 3.37. The SMILES string of the molecule is CCNC(c1cc(OC)ncn1)c1cc(C)cnc1N. The third kappa shape index (κ3) is 3.03. The van der Waals surface area contributed by atoms with E-state index < -0.39 is 0 Å². The van der Waals surface area contributed by atoms with Crippen LogP contribution in [0.15, 0.2) is 24.7 Å². The van der Waals surface area contributed by atoms with Crippen molar-refractivity contribution in [3.63, 3.8) is 0 Å². The van der Waals surface area contributed by atoms with E-state index >= 15 is 0 Å². The summed E-state index contributed by atoms with van der Waals surface area (Å²) in [4.78, 5) is 12.6. The summed E-state index contributed by atoms with van der Waals surface area (Å²) in [5.41, 5.74) is 8.77. The molecule has 0 fully saturated rings. The minimum absolute atomic E-state index is 0.135. The zero-order chi connectivity index (χ0) is 14.5. The smallest absolute Gasteiger partial charge is 0.216 e. The van der Waals surface area contributed by atoms with Crippen molar-refractivity contribution < 1.29 is 4.74 Å². The van der Waals surface area contributed by atoms with Gasteiger partial charge in [0, 0.05) is 17.8 Å². The quantitative estimate of drug-likeness (QED) is 0.858. The van der Waals surface area contributed by atoms with Gasteiger partial charge in [0.1, 0.15) is 12.1 Å². The van der Waals surface area contributed by atoms with Crippen LogP contribution in [0.1, 0.15) is 29.8 Å².